The summed E-state index contributed by atoms with van der Waals surface area (Å²) in [6, 6.07) is 0.0603. The van der Waals surface area contributed by atoms with Crippen LogP contribution in [0.3, 0.4) is 0 Å². The van der Waals surface area contributed by atoms with Gasteiger partial charge in [0.05, 0.1) is 13.5 Å². The van der Waals surface area contributed by atoms with Gasteiger partial charge in [0.25, 0.3) is 0 Å². The van der Waals surface area contributed by atoms with E-state index in [4.69, 9.17) is 0 Å². The normalized spacial score (nSPS) is 9.71. The number of ether oxygens (including phenoxy) is 1. The van der Waals surface area contributed by atoms with Crippen molar-refractivity contribution in [3.05, 3.63) is 12.7 Å². The number of nitrogens with zero attached hydrogens (tertiary/aromatic N) is 1. The second-order valence-electron chi connectivity index (χ2n) is 3.16. The summed E-state index contributed by atoms with van der Waals surface area (Å²) in [4.78, 5) is 23.7. The van der Waals surface area contributed by atoms with Crippen LogP contribution >= 0.6 is 0 Å². The molecule has 4 heteroatoms. The maximum absolute atomic E-state index is 11.3. The van der Waals surface area contributed by atoms with Crippen LogP contribution in [0.2, 0.25) is 0 Å². The minimum absolute atomic E-state index is 0.0603. The Bertz CT molecular complexity index is 223. The van der Waals surface area contributed by atoms with Gasteiger partial charge in [0.15, 0.2) is 0 Å². The van der Waals surface area contributed by atoms with Crippen LogP contribution in [0.1, 0.15) is 20.3 Å². The molecule has 0 saturated heterocycles. The van der Waals surface area contributed by atoms with Gasteiger partial charge >= 0.3 is 5.97 Å². The Morgan fingerprint density at radius 3 is 2.43 bits per heavy atom. The molecule has 14 heavy (non-hydrogen) atoms. The van der Waals surface area contributed by atoms with E-state index in [2.05, 4.69) is 11.3 Å². The van der Waals surface area contributed by atoms with Crippen LogP contribution in [0.4, 0.5) is 0 Å². The molecule has 0 fully saturated rings. The van der Waals surface area contributed by atoms with Crippen LogP contribution in [-0.2, 0) is 14.3 Å². The first-order valence-electron chi connectivity index (χ1n) is 4.52. The van der Waals surface area contributed by atoms with E-state index in [1.807, 2.05) is 13.8 Å². The molecule has 0 aromatic carbocycles. The van der Waals surface area contributed by atoms with Gasteiger partial charge in [0, 0.05) is 12.6 Å². The molecule has 0 aliphatic heterocycles. The maximum Gasteiger partial charge on any atom is 0.307 e. The maximum atomic E-state index is 11.3. The molecule has 0 aromatic rings. The minimum Gasteiger partial charge on any atom is -0.469 e. The molecular formula is C10H17NO3. The lowest BCUT2D eigenvalue weighted by Gasteiger charge is -2.24. The fraction of sp³-hybridized carbons (Fsp3) is 0.600. The number of methoxy groups -OCH3 is 1. The summed E-state index contributed by atoms with van der Waals surface area (Å²) in [5.74, 6) is -0.476. The van der Waals surface area contributed by atoms with Crippen LogP contribution in [-0.4, -0.2) is 36.5 Å². The summed E-state index contributed by atoms with van der Waals surface area (Å²) in [5, 5.41) is 0. The van der Waals surface area contributed by atoms with Gasteiger partial charge in [-0.25, -0.2) is 0 Å². The summed E-state index contributed by atoms with van der Waals surface area (Å²) in [5.41, 5.74) is 0. The van der Waals surface area contributed by atoms with Gasteiger partial charge in [0.2, 0.25) is 5.91 Å². The van der Waals surface area contributed by atoms with Gasteiger partial charge in [-0.05, 0) is 19.9 Å². The predicted molar refractivity (Wildman–Crippen MR) is 53.7 cm³/mol. The third-order valence-corrected chi connectivity index (χ3v) is 1.87. The number of amides is 1. The van der Waals surface area contributed by atoms with E-state index in [-0.39, 0.29) is 24.3 Å². The Morgan fingerprint density at radius 2 is 2.07 bits per heavy atom. The van der Waals surface area contributed by atoms with Crippen molar-refractivity contribution >= 4 is 11.9 Å². The summed E-state index contributed by atoms with van der Waals surface area (Å²) in [6.45, 7) is 7.55. The number of carbonyl (C=O) groups excluding carboxylic acids is 2. The highest BCUT2D eigenvalue weighted by atomic mass is 16.5. The summed E-state index contributed by atoms with van der Waals surface area (Å²) in [6.07, 6.45) is 1.46. The van der Waals surface area contributed by atoms with Crippen LogP contribution in [0.15, 0.2) is 12.7 Å². The van der Waals surface area contributed by atoms with Gasteiger partial charge in [-0.15, -0.1) is 0 Å². The molecular weight excluding hydrogens is 182 g/mol. The summed E-state index contributed by atoms with van der Waals surface area (Å²) in [7, 11) is 1.33. The lowest BCUT2D eigenvalue weighted by atomic mass is 10.2. The molecule has 0 heterocycles. The SMILES string of the molecule is C=CC(=O)N(CCC(=O)OC)C(C)C. The van der Waals surface area contributed by atoms with Crippen LogP contribution in [0, 0.1) is 0 Å². The molecule has 0 N–H and O–H groups in total. The Balaban J connectivity index is 4.17. The summed E-state index contributed by atoms with van der Waals surface area (Å²) < 4.78 is 4.49. The Hall–Kier alpha value is -1.32. The topological polar surface area (TPSA) is 46.6 Å². The third-order valence-electron chi connectivity index (χ3n) is 1.87. The molecule has 0 unspecified atom stereocenters. The standard InChI is InChI=1S/C10H17NO3/c1-5-9(12)11(8(2)3)7-6-10(13)14-4/h5,8H,1,6-7H2,2-4H3. The van der Waals surface area contributed by atoms with Crippen LogP contribution in [0.25, 0.3) is 0 Å². The van der Waals surface area contributed by atoms with E-state index in [9.17, 15) is 9.59 Å². The van der Waals surface area contributed by atoms with Crippen LogP contribution < -0.4 is 0 Å². The molecule has 0 atom stereocenters. The van der Waals surface area contributed by atoms with Crippen molar-refractivity contribution in [3.8, 4) is 0 Å². The molecule has 4 nitrogen and oxygen atoms in total. The van der Waals surface area contributed by atoms with Crippen molar-refractivity contribution in [2.24, 2.45) is 0 Å². The number of carbonyl (C=O) groups is 2. The van der Waals surface area contributed by atoms with E-state index in [1.165, 1.54) is 13.2 Å². The largest absolute Gasteiger partial charge is 0.469 e. The van der Waals surface area contributed by atoms with Crippen molar-refractivity contribution in [2.45, 2.75) is 26.3 Å². The molecule has 0 aliphatic carbocycles. The highest BCUT2D eigenvalue weighted by molar-refractivity contribution is 5.87. The van der Waals surface area contributed by atoms with Gasteiger partial charge in [-0.2, -0.15) is 0 Å². The fourth-order valence-corrected chi connectivity index (χ4v) is 1.05. The molecule has 0 aromatic heterocycles. The highest BCUT2D eigenvalue weighted by Crippen LogP contribution is 2.01. The smallest absolute Gasteiger partial charge is 0.307 e. The second kappa shape index (κ2) is 6.18. The molecule has 1 amide bonds. The first-order valence-corrected chi connectivity index (χ1v) is 4.52. The van der Waals surface area contributed by atoms with Gasteiger partial charge in [0.1, 0.15) is 0 Å². The van der Waals surface area contributed by atoms with Crippen molar-refractivity contribution in [2.75, 3.05) is 13.7 Å². The lowest BCUT2D eigenvalue weighted by Crippen LogP contribution is -2.37. The molecule has 0 radical (unpaired) electrons. The number of hydrogen-bond donors (Lipinski definition) is 0. The molecule has 0 saturated carbocycles. The zero-order valence-corrected chi connectivity index (χ0v) is 8.95. The van der Waals surface area contributed by atoms with E-state index >= 15 is 0 Å². The molecule has 0 rings (SSSR count). The van der Waals surface area contributed by atoms with Gasteiger partial charge in [-0.3, -0.25) is 9.59 Å². The van der Waals surface area contributed by atoms with Crippen molar-refractivity contribution in [1.82, 2.24) is 4.90 Å². The highest BCUT2D eigenvalue weighted by Gasteiger charge is 2.15. The van der Waals surface area contributed by atoms with E-state index in [0.717, 1.165) is 0 Å². The van der Waals surface area contributed by atoms with Gasteiger partial charge < -0.3 is 9.64 Å². The molecule has 0 bridgehead atoms. The average molecular weight is 199 g/mol. The molecule has 0 aliphatic rings. The first-order chi connectivity index (χ1) is 6.52. The lowest BCUT2D eigenvalue weighted by molar-refractivity contribution is -0.141. The fourth-order valence-electron chi connectivity index (χ4n) is 1.05. The van der Waals surface area contributed by atoms with Crippen LogP contribution in [0.5, 0.6) is 0 Å². The quantitative estimate of drug-likeness (QED) is 0.489. The first kappa shape index (κ1) is 12.7. The average Bonchev–Trinajstić information content (AvgIpc) is 2.16. The predicted octanol–water partition coefficient (Wildman–Crippen LogP) is 0.972. The number of esters is 1. The van der Waals surface area contributed by atoms with Crippen molar-refractivity contribution in [3.63, 3.8) is 0 Å². The number of hydrogen-bond acceptors (Lipinski definition) is 3. The van der Waals surface area contributed by atoms with E-state index < -0.39 is 0 Å². The Morgan fingerprint density at radius 1 is 1.50 bits per heavy atom. The zero-order valence-electron chi connectivity index (χ0n) is 8.95. The molecule has 80 valence electrons. The Labute approximate surface area is 84.5 Å². The van der Waals surface area contributed by atoms with E-state index in [1.54, 1.807) is 4.90 Å². The van der Waals surface area contributed by atoms with E-state index in [0.29, 0.717) is 6.54 Å². The Kier molecular flexibility index (Phi) is 5.60. The van der Waals surface area contributed by atoms with Gasteiger partial charge in [-0.1, -0.05) is 6.58 Å². The monoisotopic (exact) mass is 199 g/mol. The van der Waals surface area contributed by atoms with Crippen molar-refractivity contribution < 1.29 is 14.3 Å². The zero-order chi connectivity index (χ0) is 11.1. The second-order valence-corrected chi connectivity index (χ2v) is 3.16. The third kappa shape index (κ3) is 4.07. The molecule has 0 spiro atoms. The van der Waals surface area contributed by atoms with Crippen molar-refractivity contribution in [1.29, 1.82) is 0 Å². The minimum atomic E-state index is -0.312. The summed E-state index contributed by atoms with van der Waals surface area (Å²) >= 11 is 0. The number of rotatable bonds is 5.